The average molecular weight is 426 g/mol. The van der Waals surface area contributed by atoms with E-state index in [2.05, 4.69) is 44.8 Å². The van der Waals surface area contributed by atoms with Gasteiger partial charge >= 0.3 is 6.18 Å². The maximum atomic E-state index is 12.5. The minimum atomic E-state index is -4.14. The monoisotopic (exact) mass is 425 g/mol. The number of halogens is 3. The molecule has 0 spiro atoms. The third-order valence-electron chi connectivity index (χ3n) is 5.83. The van der Waals surface area contributed by atoms with Gasteiger partial charge in [0.2, 0.25) is 0 Å². The van der Waals surface area contributed by atoms with Gasteiger partial charge in [0.15, 0.2) is 5.96 Å². The van der Waals surface area contributed by atoms with Crippen molar-refractivity contribution < 1.29 is 13.2 Å². The molecule has 0 aliphatic carbocycles. The molecule has 2 heterocycles. The molecule has 0 saturated carbocycles. The maximum Gasteiger partial charge on any atom is 0.401 e. The largest absolute Gasteiger partial charge is 0.401 e. The molecule has 0 radical (unpaired) electrons. The zero-order valence-electron chi connectivity index (χ0n) is 17.8. The highest BCUT2D eigenvalue weighted by molar-refractivity contribution is 5.80. The molecule has 3 rings (SSSR count). The Kier molecular flexibility index (Phi) is 8.39. The quantitative estimate of drug-likeness (QED) is 0.542. The molecule has 2 N–H and O–H groups in total. The fraction of sp³-hybridized carbons (Fsp3) is 0.682. The van der Waals surface area contributed by atoms with E-state index in [0.29, 0.717) is 32.0 Å². The summed E-state index contributed by atoms with van der Waals surface area (Å²) in [5.41, 5.74) is 2.49. The molecule has 0 amide bonds. The number of aliphatic imine (C=N–C) groups is 1. The number of nitrogens with zero attached hydrogens (tertiary/aromatic N) is 3. The predicted octanol–water partition coefficient (Wildman–Crippen LogP) is 3.36. The van der Waals surface area contributed by atoms with E-state index in [1.54, 1.807) is 7.05 Å². The Hall–Kier alpha value is -1.80. The number of guanidine groups is 1. The van der Waals surface area contributed by atoms with Crippen LogP contribution in [0.2, 0.25) is 0 Å². The number of benzene rings is 1. The van der Waals surface area contributed by atoms with E-state index < -0.39 is 12.7 Å². The van der Waals surface area contributed by atoms with E-state index in [0.717, 1.165) is 12.1 Å². The average Bonchev–Trinajstić information content (AvgIpc) is 2.96. The molecular formula is C22H34F3N5. The molecule has 1 unspecified atom stereocenters. The highest BCUT2D eigenvalue weighted by atomic mass is 19.4. The Labute approximate surface area is 177 Å². The SMILES string of the molecule is CN=C(NCc1ccc(CN2CCCCCC2)cc1)NC1CCN(CC(F)(F)F)C1. The zero-order chi connectivity index (χ0) is 21.4. The van der Waals surface area contributed by atoms with Crippen LogP contribution in [0.5, 0.6) is 0 Å². The van der Waals surface area contributed by atoms with Crippen molar-refractivity contribution in [1.82, 2.24) is 20.4 Å². The highest BCUT2D eigenvalue weighted by Gasteiger charge is 2.34. The lowest BCUT2D eigenvalue weighted by atomic mass is 10.1. The van der Waals surface area contributed by atoms with Crippen LogP contribution in [0, 0.1) is 0 Å². The summed E-state index contributed by atoms with van der Waals surface area (Å²) in [5, 5.41) is 6.52. The Morgan fingerprint density at radius 2 is 1.67 bits per heavy atom. The standard InChI is InChI=1S/C22H34F3N5/c1-26-21(28-20-10-13-30(16-20)17-22(23,24)25)27-14-18-6-8-19(9-7-18)15-29-11-4-2-3-5-12-29/h6-9,20H,2-5,10-17H2,1H3,(H2,26,27,28). The molecular weight excluding hydrogens is 391 g/mol. The van der Waals surface area contributed by atoms with Crippen LogP contribution in [0.25, 0.3) is 0 Å². The minimum Gasteiger partial charge on any atom is -0.352 e. The summed E-state index contributed by atoms with van der Waals surface area (Å²) >= 11 is 0. The van der Waals surface area contributed by atoms with Crippen LogP contribution >= 0.6 is 0 Å². The molecule has 5 nitrogen and oxygen atoms in total. The molecule has 2 saturated heterocycles. The molecule has 168 valence electrons. The van der Waals surface area contributed by atoms with Gasteiger partial charge in [0.1, 0.15) is 0 Å². The first-order valence-electron chi connectivity index (χ1n) is 11.0. The van der Waals surface area contributed by atoms with E-state index in [4.69, 9.17) is 0 Å². The Morgan fingerprint density at radius 3 is 2.30 bits per heavy atom. The molecule has 0 bridgehead atoms. The Balaban J connectivity index is 1.41. The molecule has 2 fully saturated rings. The lowest BCUT2D eigenvalue weighted by Gasteiger charge is -2.20. The molecule has 1 aromatic carbocycles. The number of hydrogen-bond acceptors (Lipinski definition) is 3. The van der Waals surface area contributed by atoms with Crippen LogP contribution in [0.15, 0.2) is 29.3 Å². The van der Waals surface area contributed by atoms with Crippen molar-refractivity contribution in [1.29, 1.82) is 0 Å². The second-order valence-corrected chi connectivity index (χ2v) is 8.41. The summed E-state index contributed by atoms with van der Waals surface area (Å²) in [6, 6.07) is 8.62. The number of alkyl halides is 3. The minimum absolute atomic E-state index is 0.0189. The van der Waals surface area contributed by atoms with E-state index in [-0.39, 0.29) is 6.04 Å². The molecule has 8 heteroatoms. The summed E-state index contributed by atoms with van der Waals surface area (Å²) in [7, 11) is 1.68. The van der Waals surface area contributed by atoms with Crippen LogP contribution in [-0.4, -0.2) is 67.7 Å². The third kappa shape index (κ3) is 7.80. The van der Waals surface area contributed by atoms with Gasteiger partial charge in [0.25, 0.3) is 0 Å². The highest BCUT2D eigenvalue weighted by Crippen LogP contribution is 2.20. The van der Waals surface area contributed by atoms with Gasteiger partial charge in [-0.2, -0.15) is 13.2 Å². The summed E-state index contributed by atoms with van der Waals surface area (Å²) < 4.78 is 37.6. The van der Waals surface area contributed by atoms with Crippen LogP contribution in [0.4, 0.5) is 13.2 Å². The van der Waals surface area contributed by atoms with Crippen molar-refractivity contribution in [3.05, 3.63) is 35.4 Å². The fourth-order valence-electron chi connectivity index (χ4n) is 4.24. The predicted molar refractivity (Wildman–Crippen MR) is 114 cm³/mol. The van der Waals surface area contributed by atoms with E-state index in [1.165, 1.54) is 49.2 Å². The van der Waals surface area contributed by atoms with Gasteiger partial charge in [0.05, 0.1) is 6.54 Å². The van der Waals surface area contributed by atoms with Crippen molar-refractivity contribution in [2.75, 3.05) is 39.8 Å². The summed E-state index contributed by atoms with van der Waals surface area (Å²) in [5.74, 6) is 0.627. The maximum absolute atomic E-state index is 12.5. The molecule has 1 aromatic rings. The summed E-state index contributed by atoms with van der Waals surface area (Å²) in [4.78, 5) is 8.19. The second kappa shape index (κ2) is 11.0. The van der Waals surface area contributed by atoms with Gasteiger partial charge in [-0.05, 0) is 43.5 Å². The number of rotatable bonds is 6. The number of hydrogen-bond donors (Lipinski definition) is 2. The van der Waals surface area contributed by atoms with Crippen LogP contribution in [0.1, 0.15) is 43.2 Å². The third-order valence-corrected chi connectivity index (χ3v) is 5.83. The van der Waals surface area contributed by atoms with Crippen molar-refractivity contribution in [3.8, 4) is 0 Å². The van der Waals surface area contributed by atoms with Crippen LogP contribution in [0.3, 0.4) is 0 Å². The van der Waals surface area contributed by atoms with Crippen molar-refractivity contribution in [3.63, 3.8) is 0 Å². The van der Waals surface area contributed by atoms with Crippen LogP contribution < -0.4 is 10.6 Å². The molecule has 0 aromatic heterocycles. The van der Waals surface area contributed by atoms with Gasteiger partial charge < -0.3 is 10.6 Å². The molecule has 2 aliphatic rings. The summed E-state index contributed by atoms with van der Waals surface area (Å²) in [6.07, 6.45) is 1.82. The van der Waals surface area contributed by atoms with Gasteiger partial charge in [-0.25, -0.2) is 0 Å². The van der Waals surface area contributed by atoms with Gasteiger partial charge in [-0.3, -0.25) is 14.8 Å². The van der Waals surface area contributed by atoms with E-state index >= 15 is 0 Å². The van der Waals surface area contributed by atoms with Crippen LogP contribution in [-0.2, 0) is 13.1 Å². The van der Waals surface area contributed by atoms with Crippen molar-refractivity contribution in [2.24, 2.45) is 4.99 Å². The smallest absolute Gasteiger partial charge is 0.352 e. The lowest BCUT2D eigenvalue weighted by molar-refractivity contribution is -0.143. The summed E-state index contributed by atoms with van der Waals surface area (Å²) in [6.45, 7) is 3.99. The van der Waals surface area contributed by atoms with Crippen molar-refractivity contribution >= 4 is 5.96 Å². The first-order valence-corrected chi connectivity index (χ1v) is 11.0. The van der Waals surface area contributed by atoms with E-state index in [9.17, 15) is 13.2 Å². The first-order chi connectivity index (χ1) is 14.4. The van der Waals surface area contributed by atoms with Gasteiger partial charge in [0, 0.05) is 39.3 Å². The first kappa shape index (κ1) is 22.9. The number of nitrogens with one attached hydrogen (secondary N) is 2. The van der Waals surface area contributed by atoms with Gasteiger partial charge in [-0.15, -0.1) is 0 Å². The lowest BCUT2D eigenvalue weighted by Crippen LogP contribution is -2.44. The second-order valence-electron chi connectivity index (χ2n) is 8.41. The fourth-order valence-corrected chi connectivity index (χ4v) is 4.24. The normalized spacial score (nSPS) is 22.1. The van der Waals surface area contributed by atoms with Crippen molar-refractivity contribution in [2.45, 2.75) is 57.4 Å². The van der Waals surface area contributed by atoms with Gasteiger partial charge in [-0.1, -0.05) is 37.1 Å². The molecule has 1 atom stereocenters. The molecule has 2 aliphatic heterocycles. The zero-order valence-corrected chi connectivity index (χ0v) is 17.8. The number of likely N-dealkylation sites (tertiary alicyclic amines) is 2. The Morgan fingerprint density at radius 1 is 1.00 bits per heavy atom. The topological polar surface area (TPSA) is 42.9 Å². The molecule has 30 heavy (non-hydrogen) atoms. The Bertz CT molecular complexity index is 666. The van der Waals surface area contributed by atoms with E-state index in [1.807, 2.05) is 0 Å².